The van der Waals surface area contributed by atoms with Crippen molar-refractivity contribution >= 4 is 17.9 Å². The van der Waals surface area contributed by atoms with E-state index in [9.17, 15) is 18.0 Å². The molecule has 0 aliphatic heterocycles. The third-order valence-corrected chi connectivity index (χ3v) is 1.72. The van der Waals surface area contributed by atoms with Crippen molar-refractivity contribution in [2.45, 2.75) is 6.18 Å². The van der Waals surface area contributed by atoms with E-state index in [0.717, 1.165) is 12.1 Å². The van der Waals surface area contributed by atoms with Crippen LogP contribution in [0.25, 0.3) is 0 Å². The summed E-state index contributed by atoms with van der Waals surface area (Å²) in [5.41, 5.74) is -0.827. The predicted octanol–water partition coefficient (Wildman–Crippen LogP) is 2.91. The molecule has 0 bridgehead atoms. The molecule has 1 nitrogen and oxygen atoms in total. The Bertz CT molecular complexity index is 440. The maximum atomic E-state index is 12.3. The second kappa shape index (κ2) is 4.37. The first-order valence-electron chi connectivity index (χ1n) is 3.76. The smallest absolute Gasteiger partial charge is 0.289 e. The van der Waals surface area contributed by atoms with Gasteiger partial charge in [-0.15, -0.1) is 0 Å². The van der Waals surface area contributed by atoms with Crippen LogP contribution in [-0.4, -0.2) is 6.29 Å². The molecule has 0 aliphatic rings. The molecule has 0 unspecified atom stereocenters. The molecule has 0 saturated carbocycles. The van der Waals surface area contributed by atoms with Crippen LogP contribution < -0.4 is 0 Å². The van der Waals surface area contributed by atoms with E-state index in [-0.39, 0.29) is 10.6 Å². The lowest BCUT2D eigenvalue weighted by Crippen LogP contribution is -2.05. The van der Waals surface area contributed by atoms with Crippen molar-refractivity contribution in [2.24, 2.45) is 0 Å². The minimum absolute atomic E-state index is 0.0573. The maximum Gasteiger partial charge on any atom is 0.416 e. The van der Waals surface area contributed by atoms with Gasteiger partial charge in [0.05, 0.1) is 5.56 Å². The molecule has 0 saturated heterocycles. The molecule has 0 atom stereocenters. The van der Waals surface area contributed by atoms with Crippen LogP contribution in [0.2, 0.25) is 5.02 Å². The van der Waals surface area contributed by atoms with Crippen LogP contribution in [0.15, 0.2) is 18.2 Å². The fourth-order valence-corrected chi connectivity index (χ4v) is 1.17. The molecule has 0 amide bonds. The van der Waals surface area contributed by atoms with E-state index in [0.29, 0.717) is 6.29 Å². The molecule has 5 heteroatoms. The Labute approximate surface area is 88.9 Å². The lowest BCUT2D eigenvalue weighted by atomic mass is 10.1. The zero-order valence-corrected chi connectivity index (χ0v) is 7.99. The Hall–Kier alpha value is -1.47. The summed E-state index contributed by atoms with van der Waals surface area (Å²) in [7, 11) is 0. The molecule has 1 aromatic carbocycles. The highest BCUT2D eigenvalue weighted by Gasteiger charge is 2.30. The van der Waals surface area contributed by atoms with Gasteiger partial charge in [-0.2, -0.15) is 13.2 Å². The Morgan fingerprint density at radius 1 is 1.27 bits per heavy atom. The zero-order chi connectivity index (χ0) is 11.5. The van der Waals surface area contributed by atoms with Crippen molar-refractivity contribution in [1.82, 2.24) is 0 Å². The largest absolute Gasteiger partial charge is 0.416 e. The molecule has 15 heavy (non-hydrogen) atoms. The van der Waals surface area contributed by atoms with Gasteiger partial charge in [0, 0.05) is 10.6 Å². The summed E-state index contributed by atoms with van der Waals surface area (Å²) in [6, 6.07) is 2.89. The SMILES string of the molecule is O=CC#Cc1cc(Cl)cc(C(F)(F)F)c1. The molecular weight excluding hydrogens is 229 g/mol. The molecule has 0 radical (unpaired) electrons. The maximum absolute atomic E-state index is 12.3. The summed E-state index contributed by atoms with van der Waals surface area (Å²) < 4.78 is 36.9. The van der Waals surface area contributed by atoms with Gasteiger partial charge >= 0.3 is 6.18 Å². The molecular formula is C10H4ClF3O. The van der Waals surface area contributed by atoms with Gasteiger partial charge in [-0.3, -0.25) is 4.79 Å². The fourth-order valence-electron chi connectivity index (χ4n) is 0.938. The van der Waals surface area contributed by atoms with E-state index in [4.69, 9.17) is 11.6 Å². The fraction of sp³-hybridized carbons (Fsp3) is 0.100. The van der Waals surface area contributed by atoms with Crippen LogP contribution in [0.3, 0.4) is 0 Å². The first-order chi connectivity index (χ1) is 6.93. The predicted molar refractivity (Wildman–Crippen MR) is 49.4 cm³/mol. The molecule has 0 heterocycles. The van der Waals surface area contributed by atoms with E-state index in [1.165, 1.54) is 6.07 Å². The topological polar surface area (TPSA) is 17.1 Å². The third kappa shape index (κ3) is 3.30. The molecule has 1 aromatic rings. The second-order valence-corrected chi connectivity index (χ2v) is 3.05. The van der Waals surface area contributed by atoms with Crippen molar-refractivity contribution in [2.75, 3.05) is 0 Å². The van der Waals surface area contributed by atoms with Crippen LogP contribution in [0.5, 0.6) is 0 Å². The Morgan fingerprint density at radius 2 is 1.93 bits per heavy atom. The number of carbonyl (C=O) groups is 1. The van der Waals surface area contributed by atoms with Crippen LogP contribution in [0.1, 0.15) is 11.1 Å². The molecule has 1 rings (SSSR count). The number of aldehydes is 1. The van der Waals surface area contributed by atoms with Gasteiger partial charge < -0.3 is 0 Å². The van der Waals surface area contributed by atoms with Crippen molar-refractivity contribution in [3.8, 4) is 11.8 Å². The van der Waals surface area contributed by atoms with Crippen molar-refractivity contribution < 1.29 is 18.0 Å². The summed E-state index contributed by atoms with van der Waals surface area (Å²) in [5.74, 6) is 4.26. The standard InChI is InChI=1S/C10H4ClF3O/c11-9-5-7(2-1-3-15)4-8(6-9)10(12,13)14/h3-6H. The summed E-state index contributed by atoms with van der Waals surface area (Å²) in [6.07, 6.45) is -4.17. The highest BCUT2D eigenvalue weighted by molar-refractivity contribution is 6.30. The van der Waals surface area contributed by atoms with Crippen LogP contribution in [0.4, 0.5) is 13.2 Å². The van der Waals surface area contributed by atoms with Crippen LogP contribution in [-0.2, 0) is 11.0 Å². The summed E-state index contributed by atoms with van der Waals surface area (Å²) in [5, 5.41) is -0.0694. The number of alkyl halides is 3. The summed E-state index contributed by atoms with van der Waals surface area (Å²) in [4.78, 5) is 9.92. The zero-order valence-electron chi connectivity index (χ0n) is 7.23. The number of halogens is 4. The molecule has 0 N–H and O–H groups in total. The quantitative estimate of drug-likeness (QED) is 0.497. The number of hydrogen-bond acceptors (Lipinski definition) is 1. The van der Waals surface area contributed by atoms with Gasteiger partial charge in [0.1, 0.15) is 0 Å². The minimum Gasteiger partial charge on any atom is -0.289 e. The van der Waals surface area contributed by atoms with Crippen molar-refractivity contribution in [3.05, 3.63) is 34.3 Å². The minimum atomic E-state index is -4.47. The second-order valence-electron chi connectivity index (χ2n) is 2.61. The summed E-state index contributed by atoms with van der Waals surface area (Å²) >= 11 is 5.48. The average molecular weight is 233 g/mol. The first kappa shape index (κ1) is 11.6. The third-order valence-electron chi connectivity index (χ3n) is 1.50. The number of carbonyl (C=O) groups excluding carboxylic acids is 1. The van der Waals surface area contributed by atoms with Gasteiger partial charge in [0.2, 0.25) is 0 Å². The van der Waals surface area contributed by atoms with Gasteiger partial charge in [-0.1, -0.05) is 17.5 Å². The van der Waals surface area contributed by atoms with E-state index in [1.807, 2.05) is 5.92 Å². The highest BCUT2D eigenvalue weighted by Crippen LogP contribution is 2.31. The van der Waals surface area contributed by atoms with Gasteiger partial charge in [-0.25, -0.2) is 0 Å². The number of benzene rings is 1. The van der Waals surface area contributed by atoms with Gasteiger partial charge in [0.15, 0.2) is 6.29 Å². The Morgan fingerprint density at radius 3 is 2.47 bits per heavy atom. The van der Waals surface area contributed by atoms with E-state index >= 15 is 0 Å². The monoisotopic (exact) mass is 232 g/mol. The molecule has 0 spiro atoms. The molecule has 78 valence electrons. The average Bonchev–Trinajstić information content (AvgIpc) is 2.12. The summed E-state index contributed by atoms with van der Waals surface area (Å²) in [6.45, 7) is 0. The Kier molecular flexibility index (Phi) is 3.38. The van der Waals surface area contributed by atoms with E-state index in [2.05, 4.69) is 5.92 Å². The van der Waals surface area contributed by atoms with Crippen molar-refractivity contribution in [1.29, 1.82) is 0 Å². The first-order valence-corrected chi connectivity index (χ1v) is 4.14. The van der Waals surface area contributed by atoms with Gasteiger partial charge in [0.25, 0.3) is 0 Å². The molecule has 0 fully saturated rings. The van der Waals surface area contributed by atoms with Crippen LogP contribution in [0, 0.1) is 11.8 Å². The number of hydrogen-bond donors (Lipinski definition) is 0. The molecule has 0 aromatic heterocycles. The van der Waals surface area contributed by atoms with E-state index in [1.54, 1.807) is 0 Å². The van der Waals surface area contributed by atoms with E-state index < -0.39 is 11.7 Å². The number of rotatable bonds is 0. The lowest BCUT2D eigenvalue weighted by molar-refractivity contribution is -0.137. The molecule has 0 aliphatic carbocycles. The van der Waals surface area contributed by atoms with Crippen LogP contribution >= 0.6 is 11.6 Å². The lowest BCUT2D eigenvalue weighted by Gasteiger charge is -2.07. The highest BCUT2D eigenvalue weighted by atomic mass is 35.5. The van der Waals surface area contributed by atoms with Gasteiger partial charge in [-0.05, 0) is 24.1 Å². The normalized spacial score (nSPS) is 10.4. The van der Waals surface area contributed by atoms with Crippen molar-refractivity contribution in [3.63, 3.8) is 0 Å². The Balaban J connectivity index is 3.22.